The molecule has 3 nitrogen and oxygen atoms in total. The molecular weight excluding hydrogens is 178 g/mol. The Morgan fingerprint density at radius 2 is 2.07 bits per heavy atom. The highest BCUT2D eigenvalue weighted by atomic mass is 16.3. The van der Waals surface area contributed by atoms with E-state index in [2.05, 4.69) is 0 Å². The van der Waals surface area contributed by atoms with Gasteiger partial charge in [-0.2, -0.15) is 0 Å². The van der Waals surface area contributed by atoms with Crippen LogP contribution in [0.3, 0.4) is 0 Å². The average molecular weight is 191 g/mol. The highest BCUT2D eigenvalue weighted by Gasteiger charge is 2.35. The van der Waals surface area contributed by atoms with Crippen molar-refractivity contribution >= 4 is 11.6 Å². The second-order valence-electron chi connectivity index (χ2n) is 3.63. The molecule has 1 aromatic carbocycles. The molecule has 1 aliphatic rings. The summed E-state index contributed by atoms with van der Waals surface area (Å²) in [6.45, 7) is 3.37. The summed E-state index contributed by atoms with van der Waals surface area (Å²) in [4.78, 5) is 13.0. The molecular formula is C11H13NO2. The zero-order chi connectivity index (χ0) is 10.3. The molecule has 2 atom stereocenters. The first-order valence-electron chi connectivity index (χ1n) is 4.69. The molecule has 14 heavy (non-hydrogen) atoms. The topological polar surface area (TPSA) is 40.5 Å². The summed E-state index contributed by atoms with van der Waals surface area (Å²) in [5, 5.41) is 9.88. The predicted octanol–water partition coefficient (Wildman–Crippen LogP) is 1.47. The lowest BCUT2D eigenvalue weighted by Crippen LogP contribution is -2.35. The number of fused-ring (bicyclic) bond motifs is 1. The van der Waals surface area contributed by atoms with Crippen molar-refractivity contribution in [2.24, 2.45) is 0 Å². The lowest BCUT2D eigenvalue weighted by molar-refractivity contribution is -0.117. The molecule has 0 bridgehead atoms. The quantitative estimate of drug-likeness (QED) is 0.674. The van der Waals surface area contributed by atoms with Crippen molar-refractivity contribution in [1.82, 2.24) is 0 Å². The molecule has 0 aromatic heterocycles. The number of nitrogens with zero attached hydrogens (tertiary/aromatic N) is 1. The minimum Gasteiger partial charge on any atom is -0.386 e. The average Bonchev–Trinajstić information content (AvgIpc) is 2.41. The molecule has 0 radical (unpaired) electrons. The van der Waals surface area contributed by atoms with E-state index in [4.69, 9.17) is 0 Å². The van der Waals surface area contributed by atoms with Gasteiger partial charge in [-0.05, 0) is 13.0 Å². The van der Waals surface area contributed by atoms with Gasteiger partial charge in [-0.3, -0.25) is 4.79 Å². The summed E-state index contributed by atoms with van der Waals surface area (Å²) >= 11 is 0. The Morgan fingerprint density at radius 1 is 1.43 bits per heavy atom. The van der Waals surface area contributed by atoms with E-state index >= 15 is 0 Å². The zero-order valence-corrected chi connectivity index (χ0v) is 8.27. The van der Waals surface area contributed by atoms with Gasteiger partial charge in [0.1, 0.15) is 6.10 Å². The number of benzene rings is 1. The Labute approximate surface area is 83.0 Å². The smallest absolute Gasteiger partial charge is 0.224 e. The van der Waals surface area contributed by atoms with Crippen molar-refractivity contribution in [3.8, 4) is 0 Å². The Balaban J connectivity index is 2.53. The Morgan fingerprint density at radius 3 is 2.71 bits per heavy atom. The first kappa shape index (κ1) is 9.21. The standard InChI is InChI=1S/C11H13NO2/c1-7-11(14)9-5-3-4-6-10(9)12(7)8(2)13/h3-7,11,14H,1-2H3/t7-,11+/m1/s1. The number of anilines is 1. The van der Waals surface area contributed by atoms with Crippen LogP contribution in [0.5, 0.6) is 0 Å². The van der Waals surface area contributed by atoms with E-state index in [1.807, 2.05) is 31.2 Å². The number of amides is 1. The molecule has 1 amide bonds. The van der Waals surface area contributed by atoms with Crippen molar-refractivity contribution in [2.75, 3.05) is 4.90 Å². The van der Waals surface area contributed by atoms with Gasteiger partial charge in [-0.1, -0.05) is 18.2 Å². The number of aliphatic hydroxyl groups excluding tert-OH is 1. The van der Waals surface area contributed by atoms with E-state index in [0.717, 1.165) is 11.3 Å². The van der Waals surface area contributed by atoms with Gasteiger partial charge in [-0.15, -0.1) is 0 Å². The van der Waals surface area contributed by atoms with Crippen LogP contribution in [0.25, 0.3) is 0 Å². The number of hydrogen-bond donors (Lipinski definition) is 1. The predicted molar refractivity (Wildman–Crippen MR) is 54.0 cm³/mol. The van der Waals surface area contributed by atoms with Gasteiger partial charge >= 0.3 is 0 Å². The number of carbonyl (C=O) groups excluding carboxylic acids is 1. The van der Waals surface area contributed by atoms with Gasteiger partial charge in [0.05, 0.1) is 6.04 Å². The largest absolute Gasteiger partial charge is 0.386 e. The summed E-state index contributed by atoms with van der Waals surface area (Å²) in [5.41, 5.74) is 1.68. The molecule has 1 aromatic rings. The van der Waals surface area contributed by atoms with E-state index in [0.29, 0.717) is 0 Å². The van der Waals surface area contributed by atoms with Crippen LogP contribution in [0.1, 0.15) is 25.5 Å². The van der Waals surface area contributed by atoms with Gasteiger partial charge in [0.2, 0.25) is 5.91 Å². The van der Waals surface area contributed by atoms with E-state index in [9.17, 15) is 9.90 Å². The third-order valence-electron chi connectivity index (χ3n) is 2.72. The molecule has 0 saturated heterocycles. The fourth-order valence-corrected chi connectivity index (χ4v) is 2.03. The molecule has 1 heterocycles. The summed E-state index contributed by atoms with van der Waals surface area (Å²) in [6, 6.07) is 7.31. The van der Waals surface area contributed by atoms with Gasteiger partial charge in [0.15, 0.2) is 0 Å². The lowest BCUT2D eigenvalue weighted by atomic mass is 10.1. The van der Waals surface area contributed by atoms with Crippen LogP contribution in [-0.4, -0.2) is 17.1 Å². The van der Waals surface area contributed by atoms with Crippen molar-refractivity contribution in [3.05, 3.63) is 29.8 Å². The van der Waals surface area contributed by atoms with Crippen LogP contribution in [-0.2, 0) is 4.79 Å². The van der Waals surface area contributed by atoms with Gasteiger partial charge < -0.3 is 10.0 Å². The maximum absolute atomic E-state index is 11.4. The van der Waals surface area contributed by atoms with Crippen molar-refractivity contribution < 1.29 is 9.90 Å². The number of para-hydroxylation sites is 1. The summed E-state index contributed by atoms with van der Waals surface area (Å²) in [5.74, 6) is -0.0264. The summed E-state index contributed by atoms with van der Waals surface area (Å²) in [7, 11) is 0. The van der Waals surface area contributed by atoms with Crippen molar-refractivity contribution in [1.29, 1.82) is 0 Å². The number of carbonyl (C=O) groups is 1. The van der Waals surface area contributed by atoms with Crippen molar-refractivity contribution in [3.63, 3.8) is 0 Å². The highest BCUT2D eigenvalue weighted by Crippen LogP contribution is 2.38. The fraction of sp³-hybridized carbons (Fsp3) is 0.364. The normalized spacial score (nSPS) is 24.9. The Bertz CT molecular complexity index is 375. The molecule has 1 N–H and O–H groups in total. The Kier molecular flexibility index (Phi) is 2.04. The molecule has 0 spiro atoms. The third-order valence-corrected chi connectivity index (χ3v) is 2.72. The highest BCUT2D eigenvalue weighted by molar-refractivity contribution is 5.94. The minimum absolute atomic E-state index is 0.0264. The van der Waals surface area contributed by atoms with E-state index < -0.39 is 6.10 Å². The molecule has 0 fully saturated rings. The third kappa shape index (κ3) is 1.13. The maximum Gasteiger partial charge on any atom is 0.224 e. The van der Waals surface area contributed by atoms with Gasteiger partial charge in [0, 0.05) is 18.2 Å². The fourth-order valence-electron chi connectivity index (χ4n) is 2.03. The number of rotatable bonds is 0. The first-order valence-corrected chi connectivity index (χ1v) is 4.69. The van der Waals surface area contributed by atoms with Crippen LogP contribution >= 0.6 is 0 Å². The van der Waals surface area contributed by atoms with Crippen LogP contribution in [0.2, 0.25) is 0 Å². The summed E-state index contributed by atoms with van der Waals surface area (Å²) in [6.07, 6.45) is -0.560. The van der Waals surface area contributed by atoms with E-state index in [-0.39, 0.29) is 11.9 Å². The molecule has 0 saturated carbocycles. The maximum atomic E-state index is 11.4. The molecule has 74 valence electrons. The number of aliphatic hydroxyl groups is 1. The van der Waals surface area contributed by atoms with Crippen molar-refractivity contribution in [2.45, 2.75) is 26.0 Å². The second-order valence-corrected chi connectivity index (χ2v) is 3.63. The SMILES string of the molecule is CC(=O)N1c2ccccc2[C@@H](O)[C@H]1C. The molecule has 0 aliphatic carbocycles. The zero-order valence-electron chi connectivity index (χ0n) is 8.27. The Hall–Kier alpha value is -1.35. The van der Waals surface area contributed by atoms with Gasteiger partial charge in [0.25, 0.3) is 0 Å². The van der Waals surface area contributed by atoms with E-state index in [1.165, 1.54) is 6.92 Å². The molecule has 3 heteroatoms. The summed E-state index contributed by atoms with van der Waals surface area (Å²) < 4.78 is 0. The van der Waals surface area contributed by atoms with Crippen LogP contribution in [0.15, 0.2) is 24.3 Å². The molecule has 2 rings (SSSR count). The van der Waals surface area contributed by atoms with Crippen LogP contribution < -0.4 is 4.90 Å². The number of hydrogen-bond acceptors (Lipinski definition) is 2. The van der Waals surface area contributed by atoms with E-state index in [1.54, 1.807) is 4.90 Å². The monoisotopic (exact) mass is 191 g/mol. The second kappa shape index (κ2) is 3.10. The molecule has 0 unspecified atom stereocenters. The lowest BCUT2D eigenvalue weighted by Gasteiger charge is -2.21. The minimum atomic E-state index is -0.560. The van der Waals surface area contributed by atoms with Crippen LogP contribution in [0, 0.1) is 0 Å². The first-order chi connectivity index (χ1) is 6.63. The van der Waals surface area contributed by atoms with Crippen LogP contribution in [0.4, 0.5) is 5.69 Å². The van der Waals surface area contributed by atoms with Gasteiger partial charge in [-0.25, -0.2) is 0 Å². The molecule has 1 aliphatic heterocycles.